The van der Waals surface area contributed by atoms with Gasteiger partial charge in [0, 0.05) is 5.56 Å². The van der Waals surface area contributed by atoms with Crippen molar-refractivity contribution in [3.8, 4) is 11.5 Å². The maximum Gasteiger partial charge on any atom is 0.226 e. The molecule has 2 rings (SSSR count). The highest BCUT2D eigenvalue weighted by Crippen LogP contribution is 2.40. The van der Waals surface area contributed by atoms with Crippen LogP contribution in [-0.2, 0) is 5.41 Å². The van der Waals surface area contributed by atoms with E-state index in [1.165, 1.54) is 27.8 Å². The number of hydrogen-bond donors (Lipinski definition) is 0. The van der Waals surface area contributed by atoms with Crippen LogP contribution < -0.4 is 0 Å². The van der Waals surface area contributed by atoms with Crippen molar-refractivity contribution in [2.45, 2.75) is 53.9 Å². The third-order valence-corrected chi connectivity index (χ3v) is 4.08. The van der Waals surface area contributed by atoms with Crippen molar-refractivity contribution in [2.24, 2.45) is 0 Å². The first-order valence-electron chi connectivity index (χ1n) is 6.75. The molecule has 0 aliphatic rings. The summed E-state index contributed by atoms with van der Waals surface area (Å²) in [6, 6.07) is 0. The van der Waals surface area contributed by atoms with E-state index >= 15 is 0 Å². The lowest BCUT2D eigenvalue weighted by Gasteiger charge is -2.28. The van der Waals surface area contributed by atoms with E-state index in [0.717, 1.165) is 11.5 Å². The van der Waals surface area contributed by atoms with Gasteiger partial charge in [-0.2, -0.15) is 0 Å². The summed E-state index contributed by atoms with van der Waals surface area (Å²) in [4.78, 5) is 4.37. The molecule has 0 amide bonds. The van der Waals surface area contributed by atoms with Crippen molar-refractivity contribution in [1.29, 1.82) is 0 Å². The molecule has 1 heterocycles. The fourth-order valence-electron chi connectivity index (χ4n) is 2.86. The van der Waals surface area contributed by atoms with E-state index in [1.54, 1.807) is 12.5 Å². The number of nitrogens with zero attached hydrogens (tertiary/aromatic N) is 1. The summed E-state index contributed by atoms with van der Waals surface area (Å²) in [5.41, 5.74) is 7.90. The van der Waals surface area contributed by atoms with Gasteiger partial charge in [0.15, 0.2) is 0 Å². The van der Waals surface area contributed by atoms with Gasteiger partial charge in [-0.05, 0) is 60.9 Å². The fraction of sp³-hybridized carbons (Fsp3) is 0.471. The van der Waals surface area contributed by atoms with Gasteiger partial charge in [-0.25, -0.2) is 4.98 Å². The van der Waals surface area contributed by atoms with Gasteiger partial charge in [0.2, 0.25) is 5.89 Å². The maximum absolute atomic E-state index is 5.57. The number of aromatic nitrogens is 1. The summed E-state index contributed by atoms with van der Waals surface area (Å²) in [5.74, 6) is 0.730. The molecule has 19 heavy (non-hydrogen) atoms. The minimum atomic E-state index is 0.0666. The molecule has 0 N–H and O–H groups in total. The molecule has 0 fully saturated rings. The molecule has 2 heteroatoms. The molecule has 102 valence electrons. The fourth-order valence-corrected chi connectivity index (χ4v) is 2.86. The summed E-state index contributed by atoms with van der Waals surface area (Å²) in [6.45, 7) is 15.5. The molecule has 2 nitrogen and oxygen atoms in total. The molecule has 0 radical (unpaired) electrons. The van der Waals surface area contributed by atoms with Gasteiger partial charge in [-0.1, -0.05) is 20.8 Å². The minimum Gasteiger partial charge on any atom is -0.445 e. The minimum absolute atomic E-state index is 0.0666. The van der Waals surface area contributed by atoms with Gasteiger partial charge in [0.25, 0.3) is 0 Å². The molecule has 1 aromatic heterocycles. The Morgan fingerprint density at radius 3 is 1.95 bits per heavy atom. The second kappa shape index (κ2) is 4.52. The number of rotatable bonds is 1. The topological polar surface area (TPSA) is 26.0 Å². The summed E-state index contributed by atoms with van der Waals surface area (Å²) >= 11 is 0. The van der Waals surface area contributed by atoms with Gasteiger partial charge in [0.1, 0.15) is 6.26 Å². The zero-order valence-electron chi connectivity index (χ0n) is 13.0. The summed E-state index contributed by atoms with van der Waals surface area (Å²) in [6.07, 6.45) is 3.36. The largest absolute Gasteiger partial charge is 0.445 e. The molecule has 1 aromatic carbocycles. The van der Waals surface area contributed by atoms with Crippen LogP contribution in [0.25, 0.3) is 11.5 Å². The molecule has 0 spiro atoms. The van der Waals surface area contributed by atoms with Gasteiger partial charge in [-0.3, -0.25) is 0 Å². The Hall–Kier alpha value is -1.57. The Labute approximate surface area is 115 Å². The molecule has 0 aliphatic carbocycles. The molecule has 0 bridgehead atoms. The molecule has 2 aromatic rings. The van der Waals surface area contributed by atoms with Crippen LogP contribution in [0.15, 0.2) is 16.9 Å². The highest BCUT2D eigenvalue weighted by Gasteiger charge is 2.27. The van der Waals surface area contributed by atoms with Gasteiger partial charge >= 0.3 is 0 Å². The van der Waals surface area contributed by atoms with E-state index in [-0.39, 0.29) is 5.41 Å². The first kappa shape index (κ1) is 13.9. The lowest BCUT2D eigenvalue weighted by atomic mass is 9.76. The summed E-state index contributed by atoms with van der Waals surface area (Å²) in [7, 11) is 0. The quantitative estimate of drug-likeness (QED) is 0.728. The monoisotopic (exact) mass is 257 g/mol. The maximum atomic E-state index is 5.57. The lowest BCUT2D eigenvalue weighted by Crippen LogP contribution is -2.17. The van der Waals surface area contributed by atoms with Gasteiger partial charge < -0.3 is 4.42 Å². The van der Waals surface area contributed by atoms with Crippen LogP contribution in [0.3, 0.4) is 0 Å². The molecule has 0 saturated heterocycles. The highest BCUT2D eigenvalue weighted by atomic mass is 16.3. The van der Waals surface area contributed by atoms with Crippen LogP contribution in [0.5, 0.6) is 0 Å². The van der Waals surface area contributed by atoms with E-state index in [4.69, 9.17) is 4.42 Å². The summed E-state index contributed by atoms with van der Waals surface area (Å²) in [5, 5.41) is 0. The second-order valence-corrected chi connectivity index (χ2v) is 6.34. The lowest BCUT2D eigenvalue weighted by molar-refractivity contribution is 0.557. The van der Waals surface area contributed by atoms with Crippen LogP contribution in [0.4, 0.5) is 0 Å². The Morgan fingerprint density at radius 1 is 0.895 bits per heavy atom. The Balaban J connectivity index is 2.92. The van der Waals surface area contributed by atoms with Crippen LogP contribution in [0.2, 0.25) is 0 Å². The van der Waals surface area contributed by atoms with Crippen LogP contribution in [0.1, 0.15) is 48.6 Å². The zero-order valence-corrected chi connectivity index (χ0v) is 13.0. The third kappa shape index (κ3) is 2.20. The average Bonchev–Trinajstić information content (AvgIpc) is 2.82. The van der Waals surface area contributed by atoms with Crippen molar-refractivity contribution < 1.29 is 4.42 Å². The normalized spacial score (nSPS) is 11.9. The van der Waals surface area contributed by atoms with E-state index in [0.29, 0.717) is 0 Å². The van der Waals surface area contributed by atoms with Crippen LogP contribution in [0, 0.1) is 27.7 Å². The molecule has 0 aliphatic heterocycles. The predicted molar refractivity (Wildman–Crippen MR) is 79.6 cm³/mol. The van der Waals surface area contributed by atoms with E-state index < -0.39 is 0 Å². The predicted octanol–water partition coefficient (Wildman–Crippen LogP) is 4.87. The molecule has 0 saturated carbocycles. The van der Waals surface area contributed by atoms with E-state index in [9.17, 15) is 0 Å². The average molecular weight is 257 g/mol. The van der Waals surface area contributed by atoms with Gasteiger partial charge in [0.05, 0.1) is 6.20 Å². The molecule has 0 unspecified atom stereocenters. The smallest absolute Gasteiger partial charge is 0.226 e. The van der Waals surface area contributed by atoms with E-state index in [1.807, 2.05) is 0 Å². The van der Waals surface area contributed by atoms with Crippen LogP contribution in [-0.4, -0.2) is 4.98 Å². The van der Waals surface area contributed by atoms with Crippen molar-refractivity contribution in [3.05, 3.63) is 40.3 Å². The van der Waals surface area contributed by atoms with Crippen molar-refractivity contribution >= 4 is 0 Å². The SMILES string of the molecule is Cc1c(C)c(C)c(C(C)(C)C)c(-c2ncco2)c1C. The van der Waals surface area contributed by atoms with E-state index in [2.05, 4.69) is 53.5 Å². The molecular weight excluding hydrogens is 234 g/mol. The standard InChI is InChI=1S/C17H23NO/c1-10-11(2)13(4)15(17(5,6)7)14(12(10)3)16-18-8-9-19-16/h8-9H,1-7H3. The Kier molecular flexibility index (Phi) is 3.29. The number of benzene rings is 1. The molecule has 0 atom stereocenters. The highest BCUT2D eigenvalue weighted by molar-refractivity contribution is 5.70. The van der Waals surface area contributed by atoms with Crippen LogP contribution >= 0.6 is 0 Å². The van der Waals surface area contributed by atoms with Crippen molar-refractivity contribution in [2.75, 3.05) is 0 Å². The third-order valence-electron chi connectivity index (χ3n) is 4.08. The number of oxazole rings is 1. The zero-order chi connectivity index (χ0) is 14.4. The second-order valence-electron chi connectivity index (χ2n) is 6.34. The summed E-state index contributed by atoms with van der Waals surface area (Å²) < 4.78 is 5.57. The first-order chi connectivity index (χ1) is 8.75. The van der Waals surface area contributed by atoms with Crippen molar-refractivity contribution in [1.82, 2.24) is 4.98 Å². The Bertz CT molecular complexity index is 601. The molecular formula is C17H23NO. The van der Waals surface area contributed by atoms with Crippen molar-refractivity contribution in [3.63, 3.8) is 0 Å². The van der Waals surface area contributed by atoms with Gasteiger partial charge in [-0.15, -0.1) is 0 Å². The number of hydrogen-bond acceptors (Lipinski definition) is 2. The first-order valence-corrected chi connectivity index (χ1v) is 6.75. The Morgan fingerprint density at radius 2 is 1.47 bits per heavy atom.